The zero-order chi connectivity index (χ0) is 16.8. The Hall–Kier alpha value is -2.28. The molecule has 0 atom stereocenters. The van der Waals surface area contributed by atoms with Crippen LogP contribution < -0.4 is 14.8 Å². The van der Waals surface area contributed by atoms with E-state index in [9.17, 15) is 4.79 Å². The second kappa shape index (κ2) is 7.82. The van der Waals surface area contributed by atoms with E-state index in [4.69, 9.17) is 14.6 Å². The molecule has 0 aliphatic carbocycles. The van der Waals surface area contributed by atoms with Crippen molar-refractivity contribution < 1.29 is 19.4 Å². The summed E-state index contributed by atoms with van der Waals surface area (Å²) in [6.07, 6.45) is 0.0172. The van der Waals surface area contributed by atoms with Crippen molar-refractivity contribution in [3.05, 3.63) is 34.8 Å². The van der Waals surface area contributed by atoms with E-state index in [1.54, 1.807) is 12.5 Å². The van der Waals surface area contributed by atoms with Gasteiger partial charge in [-0.05, 0) is 31.5 Å². The maximum absolute atomic E-state index is 10.7. The maximum atomic E-state index is 10.7. The minimum atomic E-state index is -0.882. The van der Waals surface area contributed by atoms with Crippen LogP contribution in [0.15, 0.2) is 23.6 Å². The van der Waals surface area contributed by atoms with Gasteiger partial charge in [0.05, 0.1) is 25.3 Å². The lowest BCUT2D eigenvalue weighted by Crippen LogP contribution is -2.07. The number of nitrogens with zero attached hydrogens (tertiary/aromatic N) is 1. The Labute approximate surface area is 139 Å². The molecule has 2 aromatic rings. The predicted molar refractivity (Wildman–Crippen MR) is 89.5 cm³/mol. The van der Waals surface area contributed by atoms with Crippen molar-refractivity contribution in [3.63, 3.8) is 0 Å². The fourth-order valence-electron chi connectivity index (χ4n) is 1.98. The summed E-state index contributed by atoms with van der Waals surface area (Å²) < 4.78 is 11.0. The van der Waals surface area contributed by atoms with E-state index in [2.05, 4.69) is 10.3 Å². The van der Waals surface area contributed by atoms with Crippen LogP contribution in [0.2, 0.25) is 0 Å². The summed E-state index contributed by atoms with van der Waals surface area (Å²) >= 11 is 1.39. The Morgan fingerprint density at radius 1 is 1.39 bits per heavy atom. The molecular formula is C16H20N2O4S. The van der Waals surface area contributed by atoms with Crippen LogP contribution in [0.25, 0.3) is 0 Å². The van der Waals surface area contributed by atoms with Gasteiger partial charge in [-0.25, -0.2) is 4.98 Å². The number of carbonyl (C=O) groups is 1. The van der Waals surface area contributed by atoms with Crippen LogP contribution in [-0.2, 0) is 17.8 Å². The van der Waals surface area contributed by atoms with Gasteiger partial charge in [0, 0.05) is 11.9 Å². The number of aliphatic carboxylic acids is 1. The first-order valence-electron chi connectivity index (χ1n) is 7.21. The molecule has 1 aromatic carbocycles. The fraction of sp³-hybridized carbons (Fsp3) is 0.375. The molecule has 6 nitrogen and oxygen atoms in total. The number of thiazole rings is 1. The Balaban J connectivity index is 2.00. The number of anilines is 1. The van der Waals surface area contributed by atoms with Crippen LogP contribution >= 0.6 is 11.3 Å². The van der Waals surface area contributed by atoms with Crippen LogP contribution in [0.4, 0.5) is 5.13 Å². The highest BCUT2D eigenvalue weighted by atomic mass is 32.1. The second-order valence-corrected chi connectivity index (χ2v) is 6.08. The minimum Gasteiger partial charge on any atom is -0.493 e. The third-order valence-electron chi connectivity index (χ3n) is 2.92. The van der Waals surface area contributed by atoms with Crippen LogP contribution in [0, 0.1) is 0 Å². The van der Waals surface area contributed by atoms with Crippen LogP contribution in [-0.4, -0.2) is 29.3 Å². The van der Waals surface area contributed by atoms with E-state index >= 15 is 0 Å². The van der Waals surface area contributed by atoms with Gasteiger partial charge in [0.2, 0.25) is 0 Å². The Kier molecular flexibility index (Phi) is 5.81. The first-order chi connectivity index (χ1) is 11.0. The van der Waals surface area contributed by atoms with Gasteiger partial charge >= 0.3 is 5.97 Å². The van der Waals surface area contributed by atoms with Crippen molar-refractivity contribution in [2.45, 2.75) is 32.9 Å². The Morgan fingerprint density at radius 3 is 2.83 bits per heavy atom. The van der Waals surface area contributed by atoms with Gasteiger partial charge in [0.25, 0.3) is 0 Å². The van der Waals surface area contributed by atoms with Crippen LogP contribution in [0.1, 0.15) is 25.1 Å². The summed E-state index contributed by atoms with van der Waals surface area (Å²) in [5.74, 6) is 0.514. The smallest absolute Gasteiger partial charge is 0.309 e. The van der Waals surface area contributed by atoms with E-state index in [-0.39, 0.29) is 12.5 Å². The van der Waals surface area contributed by atoms with Crippen LogP contribution in [0.3, 0.4) is 0 Å². The number of carboxylic acid groups (broad SMARTS) is 1. The zero-order valence-corrected chi connectivity index (χ0v) is 14.1. The van der Waals surface area contributed by atoms with Crippen molar-refractivity contribution in [2.75, 3.05) is 12.4 Å². The quantitative estimate of drug-likeness (QED) is 0.770. The summed E-state index contributed by atoms with van der Waals surface area (Å²) in [4.78, 5) is 14.9. The summed E-state index contributed by atoms with van der Waals surface area (Å²) in [6.45, 7) is 4.50. The molecule has 1 heterocycles. The molecule has 0 aliphatic rings. The van der Waals surface area contributed by atoms with E-state index in [0.717, 1.165) is 5.56 Å². The van der Waals surface area contributed by atoms with Gasteiger partial charge < -0.3 is 19.9 Å². The number of benzene rings is 1. The lowest BCUT2D eigenvalue weighted by atomic mass is 10.2. The van der Waals surface area contributed by atoms with E-state index in [1.807, 2.05) is 32.0 Å². The SMILES string of the molecule is COc1cc(CNc2nc(CC(=O)O)cs2)ccc1OC(C)C. The number of rotatable bonds is 8. The van der Waals surface area contributed by atoms with Crippen molar-refractivity contribution >= 4 is 22.4 Å². The molecule has 0 unspecified atom stereocenters. The molecule has 0 saturated heterocycles. The molecule has 0 radical (unpaired) electrons. The lowest BCUT2D eigenvalue weighted by molar-refractivity contribution is -0.136. The minimum absolute atomic E-state index is 0.0623. The standard InChI is InChI=1S/C16H20N2O4S/c1-10(2)22-13-5-4-11(6-14(13)21-3)8-17-16-18-12(9-23-16)7-15(19)20/h4-6,9-10H,7-8H2,1-3H3,(H,17,18)(H,19,20). The van der Waals surface area contributed by atoms with Crippen LogP contribution in [0.5, 0.6) is 11.5 Å². The van der Waals surface area contributed by atoms with E-state index in [0.29, 0.717) is 28.9 Å². The molecule has 0 bridgehead atoms. The number of ether oxygens (including phenoxy) is 2. The molecule has 7 heteroatoms. The van der Waals surface area contributed by atoms with Gasteiger partial charge in [0.1, 0.15) is 0 Å². The number of methoxy groups -OCH3 is 1. The van der Waals surface area contributed by atoms with Gasteiger partial charge in [-0.3, -0.25) is 4.79 Å². The zero-order valence-electron chi connectivity index (χ0n) is 13.3. The fourth-order valence-corrected chi connectivity index (χ4v) is 2.68. The third kappa shape index (κ3) is 5.14. The summed E-state index contributed by atoms with van der Waals surface area (Å²) in [5.41, 5.74) is 1.58. The topological polar surface area (TPSA) is 80.7 Å². The molecule has 1 aromatic heterocycles. The first-order valence-corrected chi connectivity index (χ1v) is 8.09. The molecule has 0 saturated carbocycles. The average Bonchev–Trinajstić information content (AvgIpc) is 2.92. The number of hydrogen-bond donors (Lipinski definition) is 2. The largest absolute Gasteiger partial charge is 0.493 e. The Bertz CT molecular complexity index is 670. The molecular weight excluding hydrogens is 316 g/mol. The molecule has 23 heavy (non-hydrogen) atoms. The van der Waals surface area contributed by atoms with E-state index in [1.165, 1.54) is 11.3 Å². The van der Waals surface area contributed by atoms with Crippen molar-refractivity contribution in [1.82, 2.24) is 4.98 Å². The molecule has 2 rings (SSSR count). The summed E-state index contributed by atoms with van der Waals surface area (Å²) in [7, 11) is 1.61. The van der Waals surface area contributed by atoms with E-state index < -0.39 is 5.97 Å². The number of nitrogens with one attached hydrogen (secondary N) is 1. The Morgan fingerprint density at radius 2 is 2.17 bits per heavy atom. The lowest BCUT2D eigenvalue weighted by Gasteiger charge is -2.14. The molecule has 2 N–H and O–H groups in total. The highest BCUT2D eigenvalue weighted by Crippen LogP contribution is 2.29. The molecule has 0 aliphatic heterocycles. The summed E-state index contributed by atoms with van der Waals surface area (Å²) in [5, 5.41) is 14.4. The highest BCUT2D eigenvalue weighted by molar-refractivity contribution is 7.13. The van der Waals surface area contributed by atoms with Gasteiger partial charge in [0.15, 0.2) is 16.6 Å². The highest BCUT2D eigenvalue weighted by Gasteiger charge is 2.09. The van der Waals surface area contributed by atoms with Gasteiger partial charge in [-0.15, -0.1) is 11.3 Å². The number of aromatic nitrogens is 1. The molecule has 0 amide bonds. The van der Waals surface area contributed by atoms with Crippen molar-refractivity contribution in [3.8, 4) is 11.5 Å². The predicted octanol–water partition coefficient (Wildman–Crippen LogP) is 3.18. The average molecular weight is 336 g/mol. The normalized spacial score (nSPS) is 10.6. The number of hydrogen-bond acceptors (Lipinski definition) is 6. The van der Waals surface area contributed by atoms with Crippen molar-refractivity contribution in [1.29, 1.82) is 0 Å². The van der Waals surface area contributed by atoms with Gasteiger partial charge in [-0.2, -0.15) is 0 Å². The summed E-state index contributed by atoms with van der Waals surface area (Å²) in [6, 6.07) is 5.75. The number of carboxylic acids is 1. The maximum Gasteiger partial charge on any atom is 0.309 e. The molecule has 0 fully saturated rings. The third-order valence-corrected chi connectivity index (χ3v) is 3.77. The monoisotopic (exact) mass is 336 g/mol. The first kappa shape index (κ1) is 17.1. The van der Waals surface area contributed by atoms with Crippen molar-refractivity contribution in [2.24, 2.45) is 0 Å². The molecule has 0 spiro atoms. The molecule has 124 valence electrons. The second-order valence-electron chi connectivity index (χ2n) is 5.22. The van der Waals surface area contributed by atoms with Gasteiger partial charge in [-0.1, -0.05) is 6.07 Å².